The summed E-state index contributed by atoms with van der Waals surface area (Å²) < 4.78 is 0. The van der Waals surface area contributed by atoms with Crippen molar-refractivity contribution in [2.24, 2.45) is 0 Å². The Morgan fingerprint density at radius 2 is 0.906 bits per heavy atom. The number of hydrogen-bond acceptors (Lipinski definition) is 3. The van der Waals surface area contributed by atoms with Crippen molar-refractivity contribution in [1.82, 2.24) is 4.98 Å². The van der Waals surface area contributed by atoms with Gasteiger partial charge in [0.1, 0.15) is 0 Å². The third kappa shape index (κ3) is 5.11. The lowest BCUT2D eigenvalue weighted by molar-refractivity contribution is 0.949. The van der Waals surface area contributed by atoms with Crippen molar-refractivity contribution in [3.8, 4) is 0 Å². The van der Waals surface area contributed by atoms with Crippen LogP contribution in [0.2, 0.25) is 0 Å². The quantitative estimate of drug-likeness (QED) is 0.446. The highest BCUT2D eigenvalue weighted by molar-refractivity contribution is 5.72. The van der Waals surface area contributed by atoms with Gasteiger partial charge in [-0.2, -0.15) is 0 Å². The molecule has 3 nitrogen and oxygen atoms in total. The van der Waals surface area contributed by atoms with Crippen LogP contribution in [0.25, 0.3) is 24.3 Å². The summed E-state index contributed by atoms with van der Waals surface area (Å²) in [6, 6.07) is 23.9. The SMILES string of the molecule is C(=C/c1cccc(/C=C/c2ccc(N3CCCC3)cc2)n1)/c1ccc(N2CCCC2)cc1. The summed E-state index contributed by atoms with van der Waals surface area (Å²) >= 11 is 0. The number of aromatic nitrogens is 1. The monoisotopic (exact) mass is 421 g/mol. The Morgan fingerprint density at radius 3 is 1.31 bits per heavy atom. The van der Waals surface area contributed by atoms with Crippen LogP contribution in [0.15, 0.2) is 66.7 Å². The molecular formula is C29H31N3. The van der Waals surface area contributed by atoms with E-state index in [0.717, 1.165) is 11.4 Å². The molecule has 1 aromatic heterocycles. The van der Waals surface area contributed by atoms with E-state index >= 15 is 0 Å². The zero-order valence-corrected chi connectivity index (χ0v) is 18.7. The molecule has 3 heteroatoms. The number of rotatable bonds is 6. The molecule has 0 unspecified atom stereocenters. The third-order valence-corrected chi connectivity index (χ3v) is 6.41. The third-order valence-electron chi connectivity index (χ3n) is 6.41. The summed E-state index contributed by atoms with van der Waals surface area (Å²) in [6.45, 7) is 4.73. The second kappa shape index (κ2) is 9.86. The molecule has 0 radical (unpaired) electrons. The van der Waals surface area contributed by atoms with E-state index in [9.17, 15) is 0 Å². The maximum Gasteiger partial charge on any atom is 0.0637 e. The van der Waals surface area contributed by atoms with Crippen LogP contribution in [0.4, 0.5) is 11.4 Å². The van der Waals surface area contributed by atoms with E-state index in [1.54, 1.807) is 0 Å². The van der Waals surface area contributed by atoms with Gasteiger partial charge < -0.3 is 9.80 Å². The second-order valence-corrected chi connectivity index (χ2v) is 8.73. The summed E-state index contributed by atoms with van der Waals surface area (Å²) in [4.78, 5) is 9.70. The van der Waals surface area contributed by atoms with Gasteiger partial charge in [-0.15, -0.1) is 0 Å². The smallest absolute Gasteiger partial charge is 0.0637 e. The van der Waals surface area contributed by atoms with Crippen LogP contribution in [-0.4, -0.2) is 31.2 Å². The minimum absolute atomic E-state index is 0.972. The van der Waals surface area contributed by atoms with Crippen molar-refractivity contribution in [2.75, 3.05) is 36.0 Å². The number of pyridine rings is 1. The number of nitrogens with zero attached hydrogens (tertiary/aromatic N) is 3. The summed E-state index contributed by atoms with van der Waals surface area (Å²) in [6.07, 6.45) is 13.7. The molecule has 3 aromatic rings. The highest BCUT2D eigenvalue weighted by Gasteiger charge is 2.12. The van der Waals surface area contributed by atoms with Gasteiger partial charge in [0, 0.05) is 37.6 Å². The molecule has 0 aliphatic carbocycles. The van der Waals surface area contributed by atoms with Crippen LogP contribution in [0, 0.1) is 0 Å². The largest absolute Gasteiger partial charge is 0.372 e. The fraction of sp³-hybridized carbons (Fsp3) is 0.276. The molecule has 0 bridgehead atoms. The predicted molar refractivity (Wildman–Crippen MR) is 138 cm³/mol. The van der Waals surface area contributed by atoms with Gasteiger partial charge in [-0.25, -0.2) is 4.98 Å². The maximum absolute atomic E-state index is 4.77. The molecule has 2 aliphatic rings. The summed E-state index contributed by atoms with van der Waals surface area (Å²) in [5.41, 5.74) is 7.01. The van der Waals surface area contributed by atoms with E-state index < -0.39 is 0 Å². The summed E-state index contributed by atoms with van der Waals surface area (Å²) in [5.74, 6) is 0. The van der Waals surface area contributed by atoms with E-state index in [0.29, 0.717) is 0 Å². The van der Waals surface area contributed by atoms with Gasteiger partial charge in [-0.3, -0.25) is 0 Å². The van der Waals surface area contributed by atoms with Gasteiger partial charge in [0.25, 0.3) is 0 Å². The fourth-order valence-electron chi connectivity index (χ4n) is 4.56. The van der Waals surface area contributed by atoms with Crippen molar-refractivity contribution in [3.63, 3.8) is 0 Å². The second-order valence-electron chi connectivity index (χ2n) is 8.73. The number of hydrogen-bond donors (Lipinski definition) is 0. The molecular weight excluding hydrogens is 390 g/mol. The normalized spacial score (nSPS) is 16.6. The summed E-state index contributed by atoms with van der Waals surface area (Å²) in [7, 11) is 0. The topological polar surface area (TPSA) is 19.4 Å². The average Bonchev–Trinajstić information content (AvgIpc) is 3.57. The first kappa shape index (κ1) is 20.6. The van der Waals surface area contributed by atoms with Gasteiger partial charge in [0.2, 0.25) is 0 Å². The molecule has 0 saturated carbocycles. The van der Waals surface area contributed by atoms with E-state index in [2.05, 4.69) is 101 Å². The predicted octanol–water partition coefficient (Wildman–Crippen LogP) is 6.62. The van der Waals surface area contributed by atoms with Gasteiger partial charge in [0.15, 0.2) is 0 Å². The van der Waals surface area contributed by atoms with Gasteiger partial charge in [-0.05, 0) is 85.4 Å². The van der Waals surface area contributed by atoms with Crippen molar-refractivity contribution in [2.45, 2.75) is 25.7 Å². The molecule has 162 valence electrons. The van der Waals surface area contributed by atoms with Crippen molar-refractivity contribution < 1.29 is 0 Å². The minimum atomic E-state index is 0.972. The minimum Gasteiger partial charge on any atom is -0.372 e. The Morgan fingerprint density at radius 1 is 0.500 bits per heavy atom. The number of anilines is 2. The molecule has 2 fully saturated rings. The first-order valence-corrected chi connectivity index (χ1v) is 11.9. The molecule has 3 heterocycles. The fourth-order valence-corrected chi connectivity index (χ4v) is 4.56. The van der Waals surface area contributed by atoms with Gasteiger partial charge >= 0.3 is 0 Å². The lowest BCUT2D eigenvalue weighted by Crippen LogP contribution is -2.17. The van der Waals surface area contributed by atoms with Crippen molar-refractivity contribution >= 4 is 35.7 Å². The lowest BCUT2D eigenvalue weighted by Gasteiger charge is -2.17. The van der Waals surface area contributed by atoms with Crippen LogP contribution in [-0.2, 0) is 0 Å². The van der Waals surface area contributed by atoms with Gasteiger partial charge in [0.05, 0.1) is 11.4 Å². The van der Waals surface area contributed by atoms with Crippen LogP contribution in [0.5, 0.6) is 0 Å². The van der Waals surface area contributed by atoms with E-state index in [-0.39, 0.29) is 0 Å². The zero-order chi connectivity index (χ0) is 21.6. The van der Waals surface area contributed by atoms with Crippen molar-refractivity contribution in [1.29, 1.82) is 0 Å². The zero-order valence-electron chi connectivity index (χ0n) is 18.7. The highest BCUT2D eigenvalue weighted by atomic mass is 15.1. The van der Waals surface area contributed by atoms with E-state index in [4.69, 9.17) is 4.98 Å². The van der Waals surface area contributed by atoms with Gasteiger partial charge in [-0.1, -0.05) is 42.5 Å². The standard InChI is InChI=1S/C29H31N3/c1-2-21-31(20-1)28-16-10-24(11-17-28)8-14-26-6-5-7-27(30-26)15-9-25-12-18-29(19-13-25)32-22-3-4-23-32/h5-19H,1-4,20-23H2/b14-8-,15-9+. The molecule has 0 atom stereocenters. The maximum atomic E-state index is 4.77. The Balaban J connectivity index is 1.22. The summed E-state index contributed by atoms with van der Waals surface area (Å²) in [5, 5.41) is 0. The van der Waals surface area contributed by atoms with E-state index in [1.807, 2.05) is 0 Å². The van der Waals surface area contributed by atoms with Crippen molar-refractivity contribution in [3.05, 3.63) is 89.2 Å². The molecule has 5 rings (SSSR count). The lowest BCUT2D eigenvalue weighted by atomic mass is 10.1. The molecule has 0 amide bonds. The molecule has 2 aliphatic heterocycles. The number of benzene rings is 2. The molecule has 2 saturated heterocycles. The molecule has 32 heavy (non-hydrogen) atoms. The highest BCUT2D eigenvalue weighted by Crippen LogP contribution is 2.22. The molecule has 0 N–H and O–H groups in total. The first-order valence-electron chi connectivity index (χ1n) is 11.9. The average molecular weight is 422 g/mol. The molecule has 0 spiro atoms. The Kier molecular flexibility index (Phi) is 6.34. The van der Waals surface area contributed by atoms with Crippen LogP contribution in [0.1, 0.15) is 48.2 Å². The Bertz CT molecular complexity index is 983. The Hall–Kier alpha value is -3.33. The molecule has 2 aromatic carbocycles. The first-order chi connectivity index (χ1) is 15.8. The van der Waals surface area contributed by atoms with E-state index in [1.165, 1.54) is 74.4 Å². The van der Waals surface area contributed by atoms with Crippen LogP contribution < -0.4 is 9.80 Å². The van der Waals surface area contributed by atoms with Crippen LogP contribution in [0.3, 0.4) is 0 Å². The van der Waals surface area contributed by atoms with Crippen LogP contribution >= 0.6 is 0 Å². The Labute approximate surface area is 191 Å².